The van der Waals surface area contributed by atoms with E-state index >= 15 is 0 Å². The molecule has 0 unspecified atom stereocenters. The summed E-state index contributed by atoms with van der Waals surface area (Å²) in [6.45, 7) is 7.61. The van der Waals surface area contributed by atoms with E-state index in [9.17, 15) is 0 Å². The van der Waals surface area contributed by atoms with Crippen molar-refractivity contribution in [2.45, 2.75) is 13.5 Å². The normalized spacial score (nSPS) is 17.9. The zero-order valence-corrected chi connectivity index (χ0v) is 9.29. The molecule has 82 valence electrons. The highest BCUT2D eigenvalue weighted by atomic mass is 15.2. The van der Waals surface area contributed by atoms with Crippen LogP contribution in [0.5, 0.6) is 0 Å². The summed E-state index contributed by atoms with van der Waals surface area (Å²) >= 11 is 0. The number of nitrogens with two attached hydrogens (primary N) is 1. The second-order valence-corrected chi connectivity index (χ2v) is 4.22. The minimum absolute atomic E-state index is 0.888. The largest absolute Gasteiger partial charge is 0.399 e. The third kappa shape index (κ3) is 2.70. The van der Waals surface area contributed by atoms with Crippen LogP contribution in [0.25, 0.3) is 0 Å². The van der Waals surface area contributed by atoms with Crippen molar-refractivity contribution in [1.82, 2.24) is 10.2 Å². The number of rotatable bonds is 2. The lowest BCUT2D eigenvalue weighted by Crippen LogP contribution is -2.42. The second-order valence-electron chi connectivity index (χ2n) is 4.22. The van der Waals surface area contributed by atoms with Crippen LogP contribution in [-0.2, 0) is 6.54 Å². The molecule has 1 saturated heterocycles. The van der Waals surface area contributed by atoms with E-state index in [-0.39, 0.29) is 0 Å². The molecule has 1 heterocycles. The van der Waals surface area contributed by atoms with Crippen molar-refractivity contribution >= 4 is 5.69 Å². The molecule has 0 radical (unpaired) electrons. The van der Waals surface area contributed by atoms with Gasteiger partial charge >= 0.3 is 0 Å². The lowest BCUT2D eigenvalue weighted by Gasteiger charge is -2.27. The molecule has 15 heavy (non-hydrogen) atoms. The van der Waals surface area contributed by atoms with Gasteiger partial charge in [0.1, 0.15) is 0 Å². The maximum Gasteiger partial charge on any atom is 0.0343 e. The summed E-state index contributed by atoms with van der Waals surface area (Å²) in [5.41, 5.74) is 9.23. The van der Waals surface area contributed by atoms with Crippen LogP contribution in [0.1, 0.15) is 11.1 Å². The Bertz CT molecular complexity index is 330. The van der Waals surface area contributed by atoms with Gasteiger partial charge in [-0.15, -0.1) is 0 Å². The number of nitrogen functional groups attached to an aromatic ring is 1. The lowest BCUT2D eigenvalue weighted by molar-refractivity contribution is 0.233. The molecule has 0 bridgehead atoms. The quantitative estimate of drug-likeness (QED) is 0.707. The van der Waals surface area contributed by atoms with Crippen molar-refractivity contribution in [3.63, 3.8) is 0 Å². The fourth-order valence-corrected chi connectivity index (χ4v) is 1.96. The molecule has 1 fully saturated rings. The molecule has 0 aromatic heterocycles. The minimum Gasteiger partial charge on any atom is -0.399 e. The van der Waals surface area contributed by atoms with Crippen molar-refractivity contribution in [2.75, 3.05) is 31.9 Å². The molecule has 0 saturated carbocycles. The van der Waals surface area contributed by atoms with Gasteiger partial charge in [0.15, 0.2) is 0 Å². The summed E-state index contributed by atoms with van der Waals surface area (Å²) in [5.74, 6) is 0. The number of nitrogens with zero attached hydrogens (tertiary/aromatic N) is 1. The number of piperazine rings is 1. The zero-order valence-electron chi connectivity index (χ0n) is 9.29. The third-order valence-corrected chi connectivity index (χ3v) is 2.95. The van der Waals surface area contributed by atoms with Crippen LogP contribution in [0.3, 0.4) is 0 Å². The minimum atomic E-state index is 0.888. The third-order valence-electron chi connectivity index (χ3n) is 2.95. The van der Waals surface area contributed by atoms with E-state index in [1.807, 2.05) is 6.07 Å². The monoisotopic (exact) mass is 205 g/mol. The predicted molar refractivity (Wildman–Crippen MR) is 63.7 cm³/mol. The zero-order chi connectivity index (χ0) is 10.7. The van der Waals surface area contributed by atoms with Gasteiger partial charge in [-0.2, -0.15) is 0 Å². The van der Waals surface area contributed by atoms with Crippen molar-refractivity contribution < 1.29 is 0 Å². The molecule has 1 aromatic rings. The van der Waals surface area contributed by atoms with E-state index < -0.39 is 0 Å². The molecule has 1 aliphatic rings. The SMILES string of the molecule is Cc1cc(CN2CCNCC2)ccc1N. The average molecular weight is 205 g/mol. The summed E-state index contributed by atoms with van der Waals surface area (Å²) < 4.78 is 0. The maximum atomic E-state index is 5.80. The summed E-state index contributed by atoms with van der Waals surface area (Å²) in [6, 6.07) is 6.33. The van der Waals surface area contributed by atoms with Crippen molar-refractivity contribution in [1.29, 1.82) is 0 Å². The maximum absolute atomic E-state index is 5.80. The van der Waals surface area contributed by atoms with Gasteiger partial charge < -0.3 is 11.1 Å². The van der Waals surface area contributed by atoms with Crippen LogP contribution in [-0.4, -0.2) is 31.1 Å². The number of nitrogens with one attached hydrogen (secondary N) is 1. The average Bonchev–Trinajstić information content (AvgIpc) is 2.25. The first-order valence-electron chi connectivity index (χ1n) is 5.54. The van der Waals surface area contributed by atoms with E-state index in [4.69, 9.17) is 5.73 Å². The van der Waals surface area contributed by atoms with Crippen molar-refractivity contribution in [3.8, 4) is 0 Å². The van der Waals surface area contributed by atoms with E-state index in [0.717, 1.165) is 38.4 Å². The van der Waals surface area contributed by atoms with E-state index in [2.05, 4.69) is 29.3 Å². The number of anilines is 1. The molecule has 0 spiro atoms. The standard InChI is InChI=1S/C12H19N3/c1-10-8-11(2-3-12(10)13)9-15-6-4-14-5-7-15/h2-3,8,14H,4-7,9,13H2,1H3. The van der Waals surface area contributed by atoms with Gasteiger partial charge in [-0.1, -0.05) is 12.1 Å². The highest BCUT2D eigenvalue weighted by Crippen LogP contribution is 2.14. The van der Waals surface area contributed by atoms with Gasteiger partial charge in [0.25, 0.3) is 0 Å². The summed E-state index contributed by atoms with van der Waals surface area (Å²) in [5, 5.41) is 3.36. The van der Waals surface area contributed by atoms with Gasteiger partial charge in [-0.05, 0) is 24.1 Å². The Hall–Kier alpha value is -1.06. The predicted octanol–water partition coefficient (Wildman–Crippen LogP) is 0.982. The van der Waals surface area contributed by atoms with Gasteiger partial charge in [0, 0.05) is 38.4 Å². The van der Waals surface area contributed by atoms with Crippen LogP contribution in [0.2, 0.25) is 0 Å². The molecule has 3 heteroatoms. The molecule has 1 aromatic carbocycles. The molecular formula is C12H19N3. The number of hydrogen-bond acceptors (Lipinski definition) is 3. The van der Waals surface area contributed by atoms with Crippen LogP contribution < -0.4 is 11.1 Å². The second kappa shape index (κ2) is 4.64. The number of benzene rings is 1. The van der Waals surface area contributed by atoms with Crippen molar-refractivity contribution in [3.05, 3.63) is 29.3 Å². The van der Waals surface area contributed by atoms with E-state index in [1.54, 1.807) is 0 Å². The lowest BCUT2D eigenvalue weighted by atomic mass is 10.1. The van der Waals surface area contributed by atoms with Gasteiger partial charge in [-0.3, -0.25) is 4.90 Å². The molecule has 0 aliphatic carbocycles. The van der Waals surface area contributed by atoms with Crippen molar-refractivity contribution in [2.24, 2.45) is 0 Å². The summed E-state index contributed by atoms with van der Waals surface area (Å²) in [4.78, 5) is 2.47. The Kier molecular flexibility index (Phi) is 3.23. The molecular weight excluding hydrogens is 186 g/mol. The van der Waals surface area contributed by atoms with Gasteiger partial charge in [0.05, 0.1) is 0 Å². The van der Waals surface area contributed by atoms with Gasteiger partial charge in [-0.25, -0.2) is 0 Å². The Labute approximate surface area is 91.3 Å². The Morgan fingerprint density at radius 1 is 1.33 bits per heavy atom. The molecule has 2 rings (SSSR count). The highest BCUT2D eigenvalue weighted by molar-refractivity contribution is 5.47. The smallest absolute Gasteiger partial charge is 0.0343 e. The summed E-state index contributed by atoms with van der Waals surface area (Å²) in [6.07, 6.45) is 0. The van der Waals surface area contributed by atoms with E-state index in [0.29, 0.717) is 0 Å². The van der Waals surface area contributed by atoms with Gasteiger partial charge in [0.2, 0.25) is 0 Å². The Morgan fingerprint density at radius 3 is 2.73 bits per heavy atom. The summed E-state index contributed by atoms with van der Waals surface area (Å²) in [7, 11) is 0. The first kappa shape index (κ1) is 10.5. The first-order valence-corrected chi connectivity index (χ1v) is 5.54. The number of aryl methyl sites for hydroxylation is 1. The van der Waals surface area contributed by atoms with Crippen LogP contribution in [0, 0.1) is 6.92 Å². The molecule has 3 nitrogen and oxygen atoms in total. The van der Waals surface area contributed by atoms with E-state index in [1.165, 1.54) is 11.1 Å². The van der Waals surface area contributed by atoms with Crippen LogP contribution >= 0.6 is 0 Å². The van der Waals surface area contributed by atoms with Crippen LogP contribution in [0.4, 0.5) is 5.69 Å². The Morgan fingerprint density at radius 2 is 2.07 bits per heavy atom. The molecule has 1 aliphatic heterocycles. The fourth-order valence-electron chi connectivity index (χ4n) is 1.96. The number of hydrogen-bond donors (Lipinski definition) is 2. The molecule has 0 atom stereocenters. The Balaban J connectivity index is 2.00. The highest BCUT2D eigenvalue weighted by Gasteiger charge is 2.09. The fraction of sp³-hybridized carbons (Fsp3) is 0.500. The molecule has 0 amide bonds. The topological polar surface area (TPSA) is 41.3 Å². The molecule has 3 N–H and O–H groups in total. The first-order chi connectivity index (χ1) is 7.25. The van der Waals surface area contributed by atoms with Crippen LogP contribution in [0.15, 0.2) is 18.2 Å².